The van der Waals surface area contributed by atoms with Gasteiger partial charge in [-0.3, -0.25) is 0 Å². The summed E-state index contributed by atoms with van der Waals surface area (Å²) in [6.07, 6.45) is 5.08. The minimum absolute atomic E-state index is 0. The summed E-state index contributed by atoms with van der Waals surface area (Å²) in [6.45, 7) is 7.34. The number of quaternary nitrogens is 1. The van der Waals surface area contributed by atoms with Gasteiger partial charge >= 0.3 is 6.09 Å². The van der Waals surface area contributed by atoms with Crippen LogP contribution in [0.3, 0.4) is 0 Å². The maximum Gasteiger partial charge on any atom is 0.415 e. The zero-order valence-electron chi connectivity index (χ0n) is 20.2. The molecule has 0 radical (unpaired) electrons. The first kappa shape index (κ1) is 23.9. The first-order valence-corrected chi connectivity index (χ1v) is 12.4. The van der Waals surface area contributed by atoms with Crippen LogP contribution >= 0.6 is 0 Å². The topological polar surface area (TPSA) is 85.0 Å². The van der Waals surface area contributed by atoms with Crippen molar-refractivity contribution in [2.24, 2.45) is 11.7 Å². The Morgan fingerprint density at radius 2 is 2.15 bits per heavy atom. The number of hydrogen-bond acceptors (Lipinski definition) is 5. The minimum Gasteiger partial charge on any atom is -1.00 e. The van der Waals surface area contributed by atoms with Gasteiger partial charge in [0.1, 0.15) is 17.7 Å². The molecule has 5 atom stereocenters. The number of nitrogens with zero attached hydrogens (tertiary/aromatic N) is 2. The Morgan fingerprint density at radius 3 is 2.85 bits per heavy atom. The molecule has 1 saturated heterocycles. The maximum absolute atomic E-state index is 12.6. The molecule has 2 saturated carbocycles. The van der Waals surface area contributed by atoms with Crippen molar-refractivity contribution in [1.29, 1.82) is 0 Å². The number of amides is 1. The van der Waals surface area contributed by atoms with E-state index in [0.717, 1.165) is 60.3 Å². The molecule has 2 bridgehead atoms. The fraction of sp³-hybridized carbons (Fsp3) is 0.654. The van der Waals surface area contributed by atoms with Crippen molar-refractivity contribution in [2.75, 3.05) is 40.3 Å². The van der Waals surface area contributed by atoms with Crippen LogP contribution in [0.1, 0.15) is 43.2 Å². The number of halogens is 1. The molecule has 1 spiro atoms. The highest BCUT2D eigenvalue weighted by molar-refractivity contribution is 5.73. The highest BCUT2D eigenvalue weighted by Crippen LogP contribution is 2.67. The van der Waals surface area contributed by atoms with Gasteiger partial charge in [-0.25, -0.2) is 4.79 Å². The van der Waals surface area contributed by atoms with Crippen molar-refractivity contribution in [1.82, 2.24) is 4.90 Å². The van der Waals surface area contributed by atoms with Crippen LogP contribution in [-0.4, -0.2) is 78.6 Å². The molecular formula is C26H36ClN3O4. The van der Waals surface area contributed by atoms with Crippen LogP contribution in [0.5, 0.6) is 11.5 Å². The van der Waals surface area contributed by atoms with Gasteiger partial charge < -0.3 is 42.1 Å². The number of carbonyl (C=O) groups excluding carboxylic acids is 1. The quantitative estimate of drug-likeness (QED) is 0.424. The predicted octanol–water partition coefficient (Wildman–Crippen LogP) is -0.655. The third kappa shape index (κ3) is 3.03. The Balaban J connectivity index is 0.00000241. The maximum atomic E-state index is 12.6. The van der Waals surface area contributed by atoms with Crippen LogP contribution in [0, 0.1) is 5.92 Å². The summed E-state index contributed by atoms with van der Waals surface area (Å²) >= 11 is 0. The summed E-state index contributed by atoms with van der Waals surface area (Å²) in [5.74, 6) is 1.86. The second-order valence-electron chi connectivity index (χ2n) is 11.4. The molecule has 3 N–H and O–H groups in total. The molecule has 1 amide bonds. The van der Waals surface area contributed by atoms with Crippen LogP contribution in [-0.2, 0) is 11.8 Å². The molecule has 2 aliphatic heterocycles. The zero-order chi connectivity index (χ0) is 23.2. The van der Waals surface area contributed by atoms with Gasteiger partial charge in [-0.15, -0.1) is 0 Å². The summed E-state index contributed by atoms with van der Waals surface area (Å²) in [4.78, 5) is 14.1. The summed E-state index contributed by atoms with van der Waals surface area (Å²) in [7, 11) is 4.04. The highest BCUT2D eigenvalue weighted by Gasteiger charge is 2.75. The molecule has 3 aliphatic carbocycles. The highest BCUT2D eigenvalue weighted by atomic mass is 35.5. The number of aliphatic hydroxyl groups is 1. The lowest BCUT2D eigenvalue weighted by atomic mass is 9.48. The van der Waals surface area contributed by atoms with Crippen molar-refractivity contribution < 1.29 is 36.3 Å². The monoisotopic (exact) mass is 489 g/mol. The molecule has 1 aromatic carbocycles. The molecule has 0 aromatic heterocycles. The zero-order valence-corrected chi connectivity index (χ0v) is 20.9. The molecule has 1 aromatic rings. The Morgan fingerprint density at radius 1 is 1.38 bits per heavy atom. The molecule has 6 rings (SSSR count). The first-order valence-electron chi connectivity index (χ1n) is 12.4. The van der Waals surface area contributed by atoms with E-state index >= 15 is 0 Å². The molecule has 2 heterocycles. The van der Waals surface area contributed by atoms with Gasteiger partial charge in [0.2, 0.25) is 0 Å². The standard InChI is InChI=1S/C26H36N3O4.ClH/c1-16-8-9-26(31)20-14-18-6-7-19(32-24(30)28(2)12-11-27)22-21(18)25(26,23(16)33-22)10-13-29(20,3)15-17-4-5-17;/h6-7,17,20,23,31H,1,4-5,8-15,27H2,2-3H3;1H/q+1;/p-1/t20-,23+,25+,26-,29+;/m1./s1. The minimum atomic E-state index is -0.849. The van der Waals surface area contributed by atoms with Gasteiger partial charge in [0.05, 0.1) is 25.6 Å². The van der Waals surface area contributed by atoms with Gasteiger partial charge in [-0.2, -0.15) is 0 Å². The van der Waals surface area contributed by atoms with Crippen LogP contribution in [0.4, 0.5) is 4.79 Å². The second-order valence-corrected chi connectivity index (χ2v) is 11.4. The van der Waals surface area contributed by atoms with E-state index in [1.165, 1.54) is 23.3 Å². The van der Waals surface area contributed by atoms with E-state index in [0.29, 0.717) is 24.6 Å². The summed E-state index contributed by atoms with van der Waals surface area (Å²) in [5, 5.41) is 12.6. The van der Waals surface area contributed by atoms with Gasteiger partial charge in [-0.05, 0) is 42.9 Å². The van der Waals surface area contributed by atoms with Crippen LogP contribution < -0.4 is 27.6 Å². The van der Waals surface area contributed by atoms with Gasteiger partial charge in [0.15, 0.2) is 11.5 Å². The Bertz CT molecular complexity index is 1050. The van der Waals surface area contributed by atoms with Crippen LogP contribution in [0.15, 0.2) is 24.3 Å². The molecule has 7 nitrogen and oxygen atoms in total. The van der Waals surface area contributed by atoms with Crippen molar-refractivity contribution in [3.05, 3.63) is 35.4 Å². The van der Waals surface area contributed by atoms with Gasteiger partial charge in [0.25, 0.3) is 0 Å². The molecule has 8 heteroatoms. The van der Waals surface area contributed by atoms with Gasteiger partial charge in [-0.1, -0.05) is 12.6 Å². The van der Waals surface area contributed by atoms with Crippen LogP contribution in [0.25, 0.3) is 0 Å². The first-order chi connectivity index (χ1) is 15.7. The normalized spacial score (nSPS) is 36.8. The summed E-state index contributed by atoms with van der Waals surface area (Å²) < 4.78 is 13.3. The molecule has 5 aliphatic rings. The SMILES string of the molecule is C=C1CC[C@@]2(O)[C@H]3Cc4ccc(OC(=O)N(C)CCN)c5c4[C@@]2(CC[N@@+]3(C)CC2CC2)[C@H]1O5.[Cl-]. The van der Waals surface area contributed by atoms with E-state index < -0.39 is 17.1 Å². The van der Waals surface area contributed by atoms with Gasteiger partial charge in [0, 0.05) is 44.5 Å². The van der Waals surface area contributed by atoms with E-state index in [9.17, 15) is 9.90 Å². The van der Waals surface area contributed by atoms with Crippen molar-refractivity contribution in [2.45, 2.75) is 61.7 Å². The number of likely N-dealkylation sites (tertiary alicyclic amines) is 1. The average molecular weight is 490 g/mol. The molecule has 3 fully saturated rings. The van der Waals surface area contributed by atoms with E-state index in [4.69, 9.17) is 15.2 Å². The Kier molecular flexibility index (Phi) is 5.52. The lowest BCUT2D eigenvalue weighted by molar-refractivity contribution is -0.950. The molecule has 186 valence electrons. The van der Waals surface area contributed by atoms with E-state index in [1.54, 1.807) is 7.05 Å². The van der Waals surface area contributed by atoms with Crippen molar-refractivity contribution >= 4 is 6.09 Å². The molecule has 0 unspecified atom stereocenters. The lowest BCUT2D eigenvalue weighted by Crippen LogP contribution is -3.00. The fourth-order valence-electron chi connectivity index (χ4n) is 7.59. The molecular weight excluding hydrogens is 454 g/mol. The second kappa shape index (κ2) is 7.85. The number of carbonyl (C=O) groups is 1. The van der Waals surface area contributed by atoms with Crippen molar-refractivity contribution in [3.63, 3.8) is 0 Å². The van der Waals surface area contributed by atoms with E-state index in [2.05, 4.69) is 19.7 Å². The van der Waals surface area contributed by atoms with Crippen LogP contribution in [0.2, 0.25) is 0 Å². The average Bonchev–Trinajstić information content (AvgIpc) is 3.50. The third-order valence-corrected chi connectivity index (χ3v) is 9.39. The smallest absolute Gasteiger partial charge is 0.415 e. The lowest BCUT2D eigenvalue weighted by Gasteiger charge is -2.65. The summed E-state index contributed by atoms with van der Waals surface area (Å²) in [6, 6.07) is 4.10. The van der Waals surface area contributed by atoms with Crippen molar-refractivity contribution in [3.8, 4) is 11.5 Å². The fourth-order valence-corrected chi connectivity index (χ4v) is 7.59. The largest absolute Gasteiger partial charge is 1.00 e. The Hall–Kier alpha value is -1.80. The predicted molar refractivity (Wildman–Crippen MR) is 124 cm³/mol. The van der Waals surface area contributed by atoms with E-state index in [-0.39, 0.29) is 24.6 Å². The van der Waals surface area contributed by atoms with E-state index in [1.807, 2.05) is 6.07 Å². The molecule has 34 heavy (non-hydrogen) atoms. The number of likely N-dealkylation sites (N-methyl/N-ethyl adjacent to an activating group) is 2. The number of rotatable bonds is 5. The number of nitrogens with two attached hydrogens (primary N) is 1. The number of hydrogen-bond donors (Lipinski definition) is 2. The Labute approximate surface area is 207 Å². The third-order valence-electron chi connectivity index (χ3n) is 9.39. The number of piperidine rings is 1. The number of ether oxygens (including phenoxy) is 2. The number of benzene rings is 1. The summed E-state index contributed by atoms with van der Waals surface area (Å²) in [5.41, 5.74) is 7.57.